The lowest BCUT2D eigenvalue weighted by atomic mass is 9.96. The van der Waals surface area contributed by atoms with Gasteiger partial charge in [-0.2, -0.15) is 5.26 Å². The van der Waals surface area contributed by atoms with Crippen molar-refractivity contribution in [3.05, 3.63) is 22.9 Å². The number of carboxylic acids is 1. The molecule has 0 amide bonds. The second kappa shape index (κ2) is 8.25. The highest BCUT2D eigenvalue weighted by molar-refractivity contribution is 5.66. The molecule has 2 N–H and O–H groups in total. The third-order valence-electron chi connectivity index (χ3n) is 3.65. The summed E-state index contributed by atoms with van der Waals surface area (Å²) < 4.78 is 0. The van der Waals surface area contributed by atoms with Gasteiger partial charge in [0, 0.05) is 18.7 Å². The predicted octanol–water partition coefficient (Wildman–Crippen LogP) is 3.26. The first-order chi connectivity index (χ1) is 9.97. The van der Waals surface area contributed by atoms with Gasteiger partial charge in [-0.1, -0.05) is 13.3 Å². The molecule has 0 fully saturated rings. The molecular weight excluding hydrogens is 266 g/mol. The smallest absolute Gasteiger partial charge is 0.303 e. The fourth-order valence-corrected chi connectivity index (χ4v) is 2.38. The molecule has 1 aromatic heterocycles. The number of pyridine rings is 1. The second-order valence-electron chi connectivity index (χ2n) is 5.34. The minimum absolute atomic E-state index is 0.212. The molecule has 0 aromatic carbocycles. The number of nitriles is 1. The van der Waals surface area contributed by atoms with Gasteiger partial charge in [-0.05, 0) is 44.2 Å². The van der Waals surface area contributed by atoms with Crippen molar-refractivity contribution in [2.75, 3.05) is 11.9 Å². The summed E-state index contributed by atoms with van der Waals surface area (Å²) in [5.41, 5.74) is 2.39. The number of hydrogen-bond donors (Lipinski definition) is 2. The van der Waals surface area contributed by atoms with Gasteiger partial charge in [0.15, 0.2) is 0 Å². The van der Waals surface area contributed by atoms with Gasteiger partial charge in [-0.25, -0.2) is 4.98 Å². The van der Waals surface area contributed by atoms with Crippen LogP contribution in [0.3, 0.4) is 0 Å². The maximum absolute atomic E-state index is 10.6. The fourth-order valence-electron chi connectivity index (χ4n) is 2.38. The van der Waals surface area contributed by atoms with Crippen molar-refractivity contribution in [1.29, 1.82) is 5.26 Å². The van der Waals surface area contributed by atoms with Gasteiger partial charge in [0.05, 0.1) is 5.56 Å². The van der Waals surface area contributed by atoms with E-state index in [0.717, 1.165) is 24.1 Å². The first kappa shape index (κ1) is 17.0. The minimum atomic E-state index is -0.746. The zero-order valence-electron chi connectivity index (χ0n) is 12.9. The van der Waals surface area contributed by atoms with E-state index in [4.69, 9.17) is 5.11 Å². The number of hydrogen-bond acceptors (Lipinski definition) is 4. The van der Waals surface area contributed by atoms with E-state index in [-0.39, 0.29) is 6.42 Å². The van der Waals surface area contributed by atoms with Crippen LogP contribution in [-0.2, 0) is 4.79 Å². The van der Waals surface area contributed by atoms with Crippen molar-refractivity contribution < 1.29 is 9.90 Å². The van der Waals surface area contributed by atoms with Crippen molar-refractivity contribution in [3.8, 4) is 6.07 Å². The first-order valence-electron chi connectivity index (χ1n) is 7.31. The molecule has 5 nitrogen and oxygen atoms in total. The molecule has 0 aliphatic heterocycles. The molecule has 0 aliphatic carbocycles. The Morgan fingerprint density at radius 3 is 2.76 bits per heavy atom. The van der Waals surface area contributed by atoms with Crippen LogP contribution in [0.4, 0.5) is 5.82 Å². The zero-order valence-corrected chi connectivity index (χ0v) is 12.9. The summed E-state index contributed by atoms with van der Waals surface area (Å²) in [7, 11) is 0. The number of aryl methyl sites for hydroxylation is 2. The standard InChI is InChI=1S/C16H23N3O2/c1-4-13(5-6-15(20)21)7-8-18-16-14(10-17)11(2)9-12(3)19-16/h9,13H,4-8H2,1-3H3,(H,18,19)(H,20,21). The van der Waals surface area contributed by atoms with Crippen LogP contribution in [-0.4, -0.2) is 22.6 Å². The lowest BCUT2D eigenvalue weighted by Gasteiger charge is -2.15. The van der Waals surface area contributed by atoms with Crippen LogP contribution in [0.2, 0.25) is 0 Å². The number of carbonyl (C=O) groups is 1. The average Bonchev–Trinajstić information content (AvgIpc) is 2.41. The van der Waals surface area contributed by atoms with Crippen LogP contribution in [0, 0.1) is 31.1 Å². The van der Waals surface area contributed by atoms with Crippen LogP contribution in [0.15, 0.2) is 6.07 Å². The van der Waals surface area contributed by atoms with Crippen molar-refractivity contribution in [2.24, 2.45) is 5.92 Å². The van der Waals surface area contributed by atoms with E-state index in [1.807, 2.05) is 19.9 Å². The third kappa shape index (κ3) is 5.42. The molecule has 0 saturated carbocycles. The highest BCUT2D eigenvalue weighted by Crippen LogP contribution is 2.19. The van der Waals surface area contributed by atoms with E-state index in [9.17, 15) is 10.1 Å². The lowest BCUT2D eigenvalue weighted by molar-refractivity contribution is -0.137. The number of nitrogens with zero attached hydrogens (tertiary/aromatic N) is 2. The highest BCUT2D eigenvalue weighted by Gasteiger charge is 2.11. The van der Waals surface area contributed by atoms with Crippen LogP contribution in [0.5, 0.6) is 0 Å². The predicted molar refractivity (Wildman–Crippen MR) is 82.2 cm³/mol. The van der Waals surface area contributed by atoms with Gasteiger partial charge in [-0.15, -0.1) is 0 Å². The normalized spacial score (nSPS) is 11.7. The Morgan fingerprint density at radius 1 is 1.48 bits per heavy atom. The monoisotopic (exact) mass is 289 g/mol. The molecule has 0 radical (unpaired) electrons. The Morgan fingerprint density at radius 2 is 2.19 bits per heavy atom. The molecule has 1 aromatic rings. The Labute approximate surface area is 126 Å². The van der Waals surface area contributed by atoms with E-state index in [1.54, 1.807) is 0 Å². The van der Waals surface area contributed by atoms with Gasteiger partial charge in [-0.3, -0.25) is 4.79 Å². The number of anilines is 1. The number of carboxylic acid groups (broad SMARTS) is 1. The van der Waals surface area contributed by atoms with Gasteiger partial charge >= 0.3 is 5.97 Å². The van der Waals surface area contributed by atoms with E-state index in [0.29, 0.717) is 30.3 Å². The van der Waals surface area contributed by atoms with E-state index >= 15 is 0 Å². The van der Waals surface area contributed by atoms with Gasteiger partial charge in [0.25, 0.3) is 0 Å². The topological polar surface area (TPSA) is 86.0 Å². The average molecular weight is 289 g/mol. The summed E-state index contributed by atoms with van der Waals surface area (Å²) in [4.78, 5) is 15.0. The Hall–Kier alpha value is -2.09. The number of nitrogens with one attached hydrogen (secondary N) is 1. The van der Waals surface area contributed by atoms with Crippen LogP contribution in [0.1, 0.15) is 49.4 Å². The van der Waals surface area contributed by atoms with Gasteiger partial charge in [0.1, 0.15) is 11.9 Å². The molecule has 1 heterocycles. The van der Waals surface area contributed by atoms with Crippen LogP contribution < -0.4 is 5.32 Å². The van der Waals surface area contributed by atoms with Crippen LogP contribution in [0.25, 0.3) is 0 Å². The molecule has 0 spiro atoms. The first-order valence-corrected chi connectivity index (χ1v) is 7.31. The molecule has 1 unspecified atom stereocenters. The van der Waals surface area contributed by atoms with Crippen molar-refractivity contribution >= 4 is 11.8 Å². The molecule has 1 rings (SSSR count). The van der Waals surface area contributed by atoms with E-state index in [1.165, 1.54) is 0 Å². The molecule has 0 bridgehead atoms. The summed E-state index contributed by atoms with van der Waals surface area (Å²) >= 11 is 0. The maximum Gasteiger partial charge on any atom is 0.303 e. The Bertz CT molecular complexity index is 535. The molecule has 5 heteroatoms. The summed E-state index contributed by atoms with van der Waals surface area (Å²) in [6, 6.07) is 4.07. The molecular formula is C16H23N3O2. The molecule has 114 valence electrons. The summed E-state index contributed by atoms with van der Waals surface area (Å²) in [5.74, 6) is 0.261. The Balaban J connectivity index is 2.59. The van der Waals surface area contributed by atoms with E-state index in [2.05, 4.69) is 23.3 Å². The molecule has 1 atom stereocenters. The van der Waals surface area contributed by atoms with Crippen molar-refractivity contribution in [2.45, 2.75) is 46.5 Å². The summed E-state index contributed by atoms with van der Waals surface area (Å²) in [5, 5.41) is 21.1. The SMILES string of the molecule is CCC(CCNc1nc(C)cc(C)c1C#N)CCC(=O)O. The third-order valence-corrected chi connectivity index (χ3v) is 3.65. The Kier molecular flexibility index (Phi) is 6.67. The largest absolute Gasteiger partial charge is 0.481 e. The molecule has 0 aliphatic rings. The quantitative estimate of drug-likeness (QED) is 0.767. The van der Waals surface area contributed by atoms with Crippen molar-refractivity contribution in [3.63, 3.8) is 0 Å². The summed E-state index contributed by atoms with van der Waals surface area (Å²) in [6.07, 6.45) is 2.74. The van der Waals surface area contributed by atoms with Crippen molar-refractivity contribution in [1.82, 2.24) is 4.98 Å². The van der Waals surface area contributed by atoms with Gasteiger partial charge < -0.3 is 10.4 Å². The van der Waals surface area contributed by atoms with Gasteiger partial charge in [0.2, 0.25) is 0 Å². The fraction of sp³-hybridized carbons (Fsp3) is 0.562. The maximum atomic E-state index is 10.6. The minimum Gasteiger partial charge on any atom is -0.481 e. The summed E-state index contributed by atoms with van der Waals surface area (Å²) in [6.45, 7) is 6.58. The van der Waals surface area contributed by atoms with E-state index < -0.39 is 5.97 Å². The molecule has 0 saturated heterocycles. The second-order valence-corrected chi connectivity index (χ2v) is 5.34. The lowest BCUT2D eigenvalue weighted by Crippen LogP contribution is -2.12. The van der Waals surface area contributed by atoms with Crippen LogP contribution >= 0.6 is 0 Å². The number of rotatable bonds is 8. The molecule has 21 heavy (non-hydrogen) atoms. The number of aromatic nitrogens is 1. The number of aliphatic carboxylic acids is 1. The highest BCUT2D eigenvalue weighted by atomic mass is 16.4. The zero-order chi connectivity index (χ0) is 15.8.